The van der Waals surface area contributed by atoms with Crippen molar-refractivity contribution in [2.45, 2.75) is 32.7 Å². The molecule has 0 spiro atoms. The maximum Gasteiger partial charge on any atom is 0.217 e. The van der Waals surface area contributed by atoms with E-state index in [2.05, 4.69) is 18.1 Å². The zero-order chi connectivity index (χ0) is 8.10. The fourth-order valence-corrected chi connectivity index (χ4v) is 0.961. The highest BCUT2D eigenvalue weighted by atomic mass is 16.3. The highest BCUT2D eigenvalue weighted by Gasteiger charge is 1.97. The average Bonchev–Trinajstić information content (AvgIpc) is 2.37. The molecule has 0 aliphatic carbocycles. The SMILES string of the molecule is CCCCCn1nc[c]c1O. The Morgan fingerprint density at radius 2 is 2.45 bits per heavy atom. The Kier molecular flexibility index (Phi) is 2.95. The first-order chi connectivity index (χ1) is 5.34. The maximum absolute atomic E-state index is 9.09. The van der Waals surface area contributed by atoms with E-state index in [1.807, 2.05) is 0 Å². The highest BCUT2D eigenvalue weighted by molar-refractivity contribution is 5.01. The van der Waals surface area contributed by atoms with Crippen molar-refractivity contribution < 1.29 is 5.11 Å². The van der Waals surface area contributed by atoms with E-state index in [9.17, 15) is 0 Å². The lowest BCUT2D eigenvalue weighted by molar-refractivity contribution is 0.391. The van der Waals surface area contributed by atoms with E-state index < -0.39 is 0 Å². The fraction of sp³-hybridized carbons (Fsp3) is 0.625. The molecule has 3 nitrogen and oxygen atoms in total. The number of nitrogens with zero attached hydrogens (tertiary/aromatic N) is 2. The van der Waals surface area contributed by atoms with Gasteiger partial charge in [-0.3, -0.25) is 0 Å². The summed E-state index contributed by atoms with van der Waals surface area (Å²) in [6.45, 7) is 2.94. The van der Waals surface area contributed by atoms with Crippen LogP contribution in [0.2, 0.25) is 0 Å². The van der Waals surface area contributed by atoms with Crippen molar-refractivity contribution in [2.24, 2.45) is 0 Å². The third-order valence-corrected chi connectivity index (χ3v) is 1.61. The van der Waals surface area contributed by atoms with E-state index in [0.717, 1.165) is 13.0 Å². The molecule has 61 valence electrons. The van der Waals surface area contributed by atoms with Crippen LogP contribution in [-0.4, -0.2) is 14.9 Å². The molecule has 11 heavy (non-hydrogen) atoms. The van der Waals surface area contributed by atoms with E-state index in [1.165, 1.54) is 19.0 Å². The van der Waals surface area contributed by atoms with Crippen LogP contribution in [0.15, 0.2) is 6.20 Å². The first kappa shape index (κ1) is 8.11. The van der Waals surface area contributed by atoms with Crippen LogP contribution < -0.4 is 0 Å². The maximum atomic E-state index is 9.09. The number of rotatable bonds is 4. The van der Waals surface area contributed by atoms with E-state index in [1.54, 1.807) is 4.68 Å². The van der Waals surface area contributed by atoms with Crippen molar-refractivity contribution in [2.75, 3.05) is 0 Å². The minimum absolute atomic E-state index is 0.140. The van der Waals surface area contributed by atoms with Crippen LogP contribution in [0, 0.1) is 6.07 Å². The van der Waals surface area contributed by atoms with Crippen LogP contribution in [0.25, 0.3) is 0 Å². The number of unbranched alkanes of at least 4 members (excludes halogenated alkanes) is 2. The van der Waals surface area contributed by atoms with Crippen LogP contribution in [-0.2, 0) is 6.54 Å². The smallest absolute Gasteiger partial charge is 0.217 e. The van der Waals surface area contributed by atoms with Crippen LogP contribution in [0.5, 0.6) is 5.88 Å². The van der Waals surface area contributed by atoms with Gasteiger partial charge in [-0.25, -0.2) is 4.68 Å². The monoisotopic (exact) mass is 153 g/mol. The summed E-state index contributed by atoms with van der Waals surface area (Å²) in [4.78, 5) is 0. The standard InChI is InChI=1S/C8H13N2O/c1-2-3-4-7-10-8(11)5-6-9-10/h6,11H,2-4,7H2,1H3. The van der Waals surface area contributed by atoms with Crippen molar-refractivity contribution >= 4 is 0 Å². The zero-order valence-corrected chi connectivity index (χ0v) is 6.75. The van der Waals surface area contributed by atoms with Gasteiger partial charge in [-0.05, 0) is 6.42 Å². The summed E-state index contributed by atoms with van der Waals surface area (Å²) >= 11 is 0. The van der Waals surface area contributed by atoms with Crippen LogP contribution in [0.1, 0.15) is 26.2 Å². The summed E-state index contributed by atoms with van der Waals surface area (Å²) in [6, 6.07) is 2.60. The van der Waals surface area contributed by atoms with Gasteiger partial charge in [-0.15, -0.1) is 0 Å². The molecule has 1 heterocycles. The second-order valence-electron chi connectivity index (χ2n) is 2.54. The van der Waals surface area contributed by atoms with Gasteiger partial charge in [0.2, 0.25) is 5.88 Å². The van der Waals surface area contributed by atoms with Gasteiger partial charge in [0.05, 0.1) is 12.3 Å². The molecule has 1 aromatic rings. The lowest BCUT2D eigenvalue weighted by Crippen LogP contribution is -1.98. The summed E-state index contributed by atoms with van der Waals surface area (Å²) in [6.07, 6.45) is 4.92. The van der Waals surface area contributed by atoms with E-state index in [-0.39, 0.29) is 5.88 Å². The third-order valence-electron chi connectivity index (χ3n) is 1.61. The third kappa shape index (κ3) is 2.26. The quantitative estimate of drug-likeness (QED) is 0.667. The van der Waals surface area contributed by atoms with Gasteiger partial charge in [0, 0.05) is 6.54 Å². The predicted molar refractivity (Wildman–Crippen MR) is 42.3 cm³/mol. The van der Waals surface area contributed by atoms with Crippen molar-refractivity contribution in [1.29, 1.82) is 0 Å². The molecule has 0 saturated carbocycles. The summed E-state index contributed by atoms with van der Waals surface area (Å²) in [7, 11) is 0. The minimum atomic E-state index is 0.140. The Balaban J connectivity index is 2.32. The minimum Gasteiger partial charge on any atom is -0.493 e. The molecule has 0 aliphatic rings. The number of hydrogen-bond acceptors (Lipinski definition) is 2. The van der Waals surface area contributed by atoms with Gasteiger partial charge in [0.15, 0.2) is 0 Å². The Hall–Kier alpha value is -0.990. The Morgan fingerprint density at radius 3 is 3.00 bits per heavy atom. The van der Waals surface area contributed by atoms with Crippen molar-refractivity contribution in [3.63, 3.8) is 0 Å². The van der Waals surface area contributed by atoms with Gasteiger partial charge < -0.3 is 5.11 Å². The summed E-state index contributed by atoms with van der Waals surface area (Å²) < 4.78 is 1.57. The lowest BCUT2D eigenvalue weighted by Gasteiger charge is -2.00. The molecular weight excluding hydrogens is 140 g/mol. The second-order valence-corrected chi connectivity index (χ2v) is 2.54. The molecule has 0 bridgehead atoms. The topological polar surface area (TPSA) is 38.0 Å². The van der Waals surface area contributed by atoms with Crippen LogP contribution in [0.4, 0.5) is 0 Å². The molecule has 0 amide bonds. The van der Waals surface area contributed by atoms with Gasteiger partial charge in [0.25, 0.3) is 0 Å². The van der Waals surface area contributed by atoms with Crippen molar-refractivity contribution in [3.05, 3.63) is 12.3 Å². The zero-order valence-electron chi connectivity index (χ0n) is 6.75. The molecule has 0 aromatic carbocycles. The van der Waals surface area contributed by atoms with Crippen molar-refractivity contribution in [1.82, 2.24) is 9.78 Å². The van der Waals surface area contributed by atoms with Gasteiger partial charge in [-0.2, -0.15) is 5.10 Å². The largest absolute Gasteiger partial charge is 0.493 e. The second kappa shape index (κ2) is 4.01. The van der Waals surface area contributed by atoms with Gasteiger partial charge in [0.1, 0.15) is 0 Å². The number of aryl methyl sites for hydroxylation is 1. The molecule has 3 heteroatoms. The first-order valence-corrected chi connectivity index (χ1v) is 3.97. The molecule has 1 aromatic heterocycles. The summed E-state index contributed by atoms with van der Waals surface area (Å²) in [5, 5.41) is 13.0. The molecule has 0 unspecified atom stereocenters. The normalized spacial score (nSPS) is 10.3. The van der Waals surface area contributed by atoms with E-state index in [0.29, 0.717) is 0 Å². The summed E-state index contributed by atoms with van der Waals surface area (Å²) in [5.41, 5.74) is 0. The van der Waals surface area contributed by atoms with Gasteiger partial charge in [-0.1, -0.05) is 19.8 Å². The molecular formula is C8H13N2O. The summed E-state index contributed by atoms with van der Waals surface area (Å²) in [5.74, 6) is 0.140. The first-order valence-electron chi connectivity index (χ1n) is 3.97. The molecule has 0 fully saturated rings. The number of hydrogen-bond donors (Lipinski definition) is 1. The van der Waals surface area contributed by atoms with E-state index >= 15 is 0 Å². The molecule has 1 rings (SSSR count). The molecule has 0 saturated heterocycles. The fourth-order valence-electron chi connectivity index (χ4n) is 0.961. The Labute approximate surface area is 66.7 Å². The van der Waals surface area contributed by atoms with Crippen molar-refractivity contribution in [3.8, 4) is 5.88 Å². The van der Waals surface area contributed by atoms with Crippen LogP contribution >= 0.6 is 0 Å². The molecule has 1 N–H and O–H groups in total. The Bertz CT molecular complexity index is 208. The number of aromatic nitrogens is 2. The highest BCUT2D eigenvalue weighted by Crippen LogP contribution is 2.06. The Morgan fingerprint density at radius 1 is 1.64 bits per heavy atom. The predicted octanol–water partition coefficient (Wildman–Crippen LogP) is 1.58. The van der Waals surface area contributed by atoms with Crippen LogP contribution in [0.3, 0.4) is 0 Å². The van der Waals surface area contributed by atoms with Gasteiger partial charge >= 0.3 is 0 Å². The lowest BCUT2D eigenvalue weighted by atomic mass is 10.2. The van der Waals surface area contributed by atoms with E-state index in [4.69, 9.17) is 5.11 Å². The molecule has 1 radical (unpaired) electrons. The number of aromatic hydroxyl groups is 1. The molecule has 0 aliphatic heterocycles. The molecule has 0 atom stereocenters. The average molecular weight is 153 g/mol.